The number of fused-ring (bicyclic) bond motifs is 1. The van der Waals surface area contributed by atoms with E-state index in [2.05, 4.69) is 22.2 Å². The quantitative estimate of drug-likeness (QED) is 0.484. The largest absolute Gasteiger partial charge is 0.334 e. The molecule has 0 aliphatic carbocycles. The molecule has 0 saturated heterocycles. The maximum atomic E-state index is 12.4. The minimum atomic E-state index is -0.587. The van der Waals surface area contributed by atoms with Crippen molar-refractivity contribution < 1.29 is 9.59 Å². The van der Waals surface area contributed by atoms with Gasteiger partial charge in [-0.1, -0.05) is 29.5 Å². The zero-order valence-electron chi connectivity index (χ0n) is 13.5. The molecule has 2 aromatic rings. The lowest BCUT2D eigenvalue weighted by atomic mass is 10.2. The number of urea groups is 1. The van der Waals surface area contributed by atoms with Gasteiger partial charge in [0.1, 0.15) is 0 Å². The van der Waals surface area contributed by atoms with Gasteiger partial charge in [0.25, 0.3) is 5.56 Å². The predicted octanol–water partition coefficient (Wildman–Crippen LogP) is 1.35. The molecule has 0 aliphatic heterocycles. The molecule has 0 fully saturated rings. The average Bonchev–Trinajstić information content (AvgIpc) is 2.55. The van der Waals surface area contributed by atoms with Gasteiger partial charge in [-0.05, 0) is 19.1 Å². The minimum absolute atomic E-state index is 0.0286. The molecule has 1 heterocycles. The van der Waals surface area contributed by atoms with Crippen molar-refractivity contribution in [2.24, 2.45) is 7.05 Å². The lowest BCUT2D eigenvalue weighted by Gasteiger charge is -2.09. The van der Waals surface area contributed by atoms with Crippen LogP contribution in [-0.2, 0) is 11.8 Å². The zero-order chi connectivity index (χ0) is 17.7. The summed E-state index contributed by atoms with van der Waals surface area (Å²) in [5, 5.41) is 5.59. The topological polar surface area (TPSA) is 93.1 Å². The molecule has 0 bridgehead atoms. The highest BCUT2D eigenvalue weighted by molar-refractivity contribution is 7.99. The summed E-state index contributed by atoms with van der Waals surface area (Å²) in [6, 6.07) is 4.85. The Kier molecular flexibility index (Phi) is 5.75. The third-order valence-corrected chi connectivity index (χ3v) is 4.21. The molecule has 24 heavy (non-hydrogen) atoms. The molecule has 8 heteroatoms. The molecule has 126 valence electrons. The number of nitrogens with one attached hydrogen (secondary N) is 2. The van der Waals surface area contributed by atoms with Crippen LogP contribution in [-0.4, -0.2) is 33.8 Å². The number of rotatable bonds is 5. The molecule has 0 saturated carbocycles. The van der Waals surface area contributed by atoms with E-state index in [-0.39, 0.29) is 17.9 Å². The second-order valence-corrected chi connectivity index (χ2v) is 6.06. The summed E-state index contributed by atoms with van der Waals surface area (Å²) < 4.78 is 1.40. The first-order valence-electron chi connectivity index (χ1n) is 7.21. The van der Waals surface area contributed by atoms with E-state index in [1.165, 1.54) is 10.6 Å². The highest BCUT2D eigenvalue weighted by atomic mass is 32.2. The third-order valence-electron chi connectivity index (χ3n) is 3.18. The van der Waals surface area contributed by atoms with E-state index in [9.17, 15) is 14.4 Å². The van der Waals surface area contributed by atoms with Crippen molar-refractivity contribution in [3.8, 4) is 0 Å². The summed E-state index contributed by atoms with van der Waals surface area (Å²) in [6.07, 6.45) is 1.51. The Morgan fingerprint density at radius 3 is 2.88 bits per heavy atom. The van der Waals surface area contributed by atoms with Gasteiger partial charge in [0.2, 0.25) is 5.91 Å². The summed E-state index contributed by atoms with van der Waals surface area (Å²) in [5.41, 5.74) is 1.39. The fourth-order valence-electron chi connectivity index (χ4n) is 2.00. The molecule has 0 radical (unpaired) electrons. The molecule has 1 aromatic carbocycles. The lowest BCUT2D eigenvalue weighted by molar-refractivity contribution is -0.117. The molecule has 7 nitrogen and oxygen atoms in total. The Morgan fingerprint density at radius 2 is 2.17 bits per heavy atom. The molecular weight excluding hydrogens is 328 g/mol. The Balaban J connectivity index is 2.10. The van der Waals surface area contributed by atoms with Gasteiger partial charge in [-0.25, -0.2) is 9.78 Å². The maximum Gasteiger partial charge on any atom is 0.321 e. The first-order valence-corrected chi connectivity index (χ1v) is 8.19. The number of carbonyl (C=O) groups excluding carboxylic acids is 2. The number of hydrogen-bond donors (Lipinski definition) is 2. The Morgan fingerprint density at radius 1 is 1.42 bits per heavy atom. The number of thioether (sulfide) groups is 1. The Hall–Kier alpha value is -2.61. The number of benzene rings is 1. The zero-order valence-corrected chi connectivity index (χ0v) is 14.3. The highest BCUT2D eigenvalue weighted by Gasteiger charge is 2.12. The summed E-state index contributed by atoms with van der Waals surface area (Å²) >= 11 is 1.09. The summed E-state index contributed by atoms with van der Waals surface area (Å²) in [5.74, 6) is -0.501. The predicted molar refractivity (Wildman–Crippen MR) is 94.2 cm³/mol. The summed E-state index contributed by atoms with van der Waals surface area (Å²) in [6.45, 7) is 5.64. The van der Waals surface area contributed by atoms with E-state index >= 15 is 0 Å². The first kappa shape index (κ1) is 17.7. The van der Waals surface area contributed by atoms with E-state index in [1.54, 1.807) is 19.2 Å². The van der Waals surface area contributed by atoms with Crippen LogP contribution in [0.4, 0.5) is 4.79 Å². The van der Waals surface area contributed by atoms with Crippen molar-refractivity contribution >= 4 is 34.6 Å². The average molecular weight is 346 g/mol. The monoisotopic (exact) mass is 346 g/mol. The molecule has 0 unspecified atom stereocenters. The van der Waals surface area contributed by atoms with Gasteiger partial charge >= 0.3 is 6.03 Å². The van der Waals surface area contributed by atoms with E-state index in [4.69, 9.17) is 0 Å². The SMILES string of the molecule is C=CCNC(=O)NC(=O)CSc1nc2ccc(C)cc2c(=O)n1C. The van der Waals surface area contributed by atoms with Crippen LogP contribution in [0.5, 0.6) is 0 Å². The number of aryl methyl sites for hydroxylation is 1. The molecule has 0 atom stereocenters. The highest BCUT2D eigenvalue weighted by Crippen LogP contribution is 2.17. The lowest BCUT2D eigenvalue weighted by Crippen LogP contribution is -2.40. The van der Waals surface area contributed by atoms with E-state index in [1.807, 2.05) is 13.0 Å². The number of imide groups is 1. The minimum Gasteiger partial charge on any atom is -0.334 e. The van der Waals surface area contributed by atoms with Gasteiger partial charge in [0.15, 0.2) is 5.16 Å². The fraction of sp³-hybridized carbons (Fsp3) is 0.250. The van der Waals surface area contributed by atoms with Gasteiger partial charge in [-0.2, -0.15) is 0 Å². The Bertz CT molecular complexity index is 860. The van der Waals surface area contributed by atoms with Crippen LogP contribution < -0.4 is 16.2 Å². The number of hydrogen-bond acceptors (Lipinski definition) is 5. The van der Waals surface area contributed by atoms with Gasteiger partial charge in [-0.15, -0.1) is 6.58 Å². The normalized spacial score (nSPS) is 10.4. The van der Waals surface area contributed by atoms with E-state index in [0.717, 1.165) is 17.3 Å². The number of aromatic nitrogens is 2. The first-order chi connectivity index (χ1) is 11.4. The number of nitrogens with zero attached hydrogens (tertiary/aromatic N) is 2. The summed E-state index contributed by atoms with van der Waals surface area (Å²) in [7, 11) is 1.61. The smallest absolute Gasteiger partial charge is 0.321 e. The van der Waals surface area contributed by atoms with Crippen LogP contribution in [0.3, 0.4) is 0 Å². The van der Waals surface area contributed by atoms with Crippen LogP contribution in [0.2, 0.25) is 0 Å². The van der Waals surface area contributed by atoms with Crippen molar-refractivity contribution in [1.29, 1.82) is 0 Å². The molecule has 1 aromatic heterocycles. The van der Waals surface area contributed by atoms with E-state index in [0.29, 0.717) is 16.1 Å². The van der Waals surface area contributed by atoms with Gasteiger partial charge in [0.05, 0.1) is 16.7 Å². The maximum absolute atomic E-state index is 12.4. The van der Waals surface area contributed by atoms with E-state index < -0.39 is 11.9 Å². The second kappa shape index (κ2) is 7.78. The van der Waals surface area contributed by atoms with Crippen molar-refractivity contribution in [2.45, 2.75) is 12.1 Å². The van der Waals surface area contributed by atoms with Crippen molar-refractivity contribution in [3.05, 3.63) is 46.8 Å². The standard InChI is InChI=1S/C16H18N4O3S/c1-4-7-17-15(23)19-13(21)9-24-16-18-12-6-5-10(2)8-11(12)14(22)20(16)3/h4-6,8H,1,7,9H2,2-3H3,(H2,17,19,21,23). The molecule has 2 N–H and O–H groups in total. The third kappa shape index (κ3) is 4.23. The molecule has 2 rings (SSSR count). The number of amides is 3. The van der Waals surface area contributed by atoms with Crippen molar-refractivity contribution in [3.63, 3.8) is 0 Å². The van der Waals surface area contributed by atoms with Gasteiger partial charge in [0, 0.05) is 13.6 Å². The molecule has 0 aliphatic rings. The number of carbonyl (C=O) groups is 2. The van der Waals surface area contributed by atoms with Crippen LogP contribution in [0.25, 0.3) is 10.9 Å². The van der Waals surface area contributed by atoms with Crippen molar-refractivity contribution in [2.75, 3.05) is 12.3 Å². The van der Waals surface area contributed by atoms with Crippen LogP contribution >= 0.6 is 11.8 Å². The van der Waals surface area contributed by atoms with Gasteiger partial charge in [-0.3, -0.25) is 19.5 Å². The molecule has 3 amide bonds. The van der Waals surface area contributed by atoms with Crippen LogP contribution in [0.15, 0.2) is 40.8 Å². The van der Waals surface area contributed by atoms with Gasteiger partial charge < -0.3 is 5.32 Å². The Labute approximate surface area is 143 Å². The van der Waals surface area contributed by atoms with Crippen LogP contribution in [0, 0.1) is 6.92 Å². The molecular formula is C16H18N4O3S. The van der Waals surface area contributed by atoms with Crippen molar-refractivity contribution in [1.82, 2.24) is 20.2 Å². The molecule has 0 spiro atoms. The van der Waals surface area contributed by atoms with Crippen LogP contribution in [0.1, 0.15) is 5.56 Å². The fourth-order valence-corrected chi connectivity index (χ4v) is 2.77. The second-order valence-electron chi connectivity index (χ2n) is 5.11. The summed E-state index contributed by atoms with van der Waals surface area (Å²) in [4.78, 5) is 39.9.